The highest BCUT2D eigenvalue weighted by molar-refractivity contribution is 7.07. The van der Waals surface area contributed by atoms with Crippen LogP contribution in [0.1, 0.15) is 78.7 Å². The van der Waals surface area contributed by atoms with Crippen LogP contribution >= 0.6 is 11.5 Å². The highest BCUT2D eigenvalue weighted by atomic mass is 32.1. The van der Waals surface area contributed by atoms with E-state index in [4.69, 9.17) is 0 Å². The fourth-order valence-corrected chi connectivity index (χ4v) is 7.14. The molecule has 3 atom stereocenters. The first-order valence-corrected chi connectivity index (χ1v) is 18.2. The van der Waals surface area contributed by atoms with Crippen molar-refractivity contribution in [2.24, 2.45) is 11.3 Å². The number of carbonyl (C=O) groups excluding carboxylic acids is 4. The third kappa shape index (κ3) is 9.38. The number of benzene rings is 2. The maximum absolute atomic E-state index is 15.8. The van der Waals surface area contributed by atoms with Crippen LogP contribution in [-0.2, 0) is 20.3 Å². The molecule has 282 valence electrons. The van der Waals surface area contributed by atoms with E-state index in [9.17, 15) is 24.4 Å². The van der Waals surface area contributed by atoms with E-state index in [1.54, 1.807) is 17.9 Å². The number of nitrogens with zero attached hydrogens (tertiary/aromatic N) is 5. The topological polar surface area (TPSA) is 160 Å². The zero-order valence-corrected chi connectivity index (χ0v) is 30.8. The van der Waals surface area contributed by atoms with Crippen LogP contribution in [0.2, 0.25) is 0 Å². The van der Waals surface area contributed by atoms with Gasteiger partial charge in [0.1, 0.15) is 22.8 Å². The van der Waals surface area contributed by atoms with Gasteiger partial charge < -0.3 is 25.8 Å². The summed E-state index contributed by atoms with van der Waals surface area (Å²) in [5.74, 6) is -9.61. The summed E-state index contributed by atoms with van der Waals surface area (Å²) in [5, 5.41) is 20.4. The van der Waals surface area contributed by atoms with E-state index in [2.05, 4.69) is 44.3 Å². The average Bonchev–Trinajstić information content (AvgIpc) is 3.69. The molecule has 12 nitrogen and oxygen atoms in total. The van der Waals surface area contributed by atoms with Gasteiger partial charge in [-0.15, -0.1) is 5.10 Å². The molecule has 5 rings (SSSR count). The fourth-order valence-electron chi connectivity index (χ4n) is 6.72. The van der Waals surface area contributed by atoms with Crippen molar-refractivity contribution >= 4 is 40.8 Å². The summed E-state index contributed by atoms with van der Waals surface area (Å²) in [6.45, 7) is 8.00. The summed E-state index contributed by atoms with van der Waals surface area (Å²) in [6.07, 6.45) is 3.58. The number of halogens is 3. The Kier molecular flexibility index (Phi) is 12.2. The molecule has 0 unspecified atom stereocenters. The van der Waals surface area contributed by atoms with Crippen LogP contribution < -0.4 is 16.0 Å². The molecule has 1 aliphatic heterocycles. The SMILES string of the molecule is C[C@@H](c1ccc(NC(=O)[C@@H](NC(=O)C(F)(F)c2cccc(C#N)c2)C2CCC(C)(C)CC2)c(F)c1)[C@@H](NC(=O)c1cnns1)C(=O)N1CCN(C)CC1. The quantitative estimate of drug-likeness (QED) is 0.255. The van der Waals surface area contributed by atoms with E-state index in [1.165, 1.54) is 30.5 Å². The van der Waals surface area contributed by atoms with Crippen LogP contribution in [0.4, 0.5) is 18.9 Å². The Hall–Kier alpha value is -4.88. The minimum Gasteiger partial charge on any atom is -0.339 e. The first-order chi connectivity index (χ1) is 25.1. The standard InChI is InChI=1S/C37H43F3N8O4S/c1-22(30(44-32(49)29-21-42-46-53-29)34(51)48-16-14-47(4)15-17-48)25-8-9-28(27(38)19-25)43-33(50)31(24-10-12-36(2,3)13-11-24)45-35(52)37(39,40)26-7-5-6-23(18-26)20-41/h5-9,18-19,21-22,24,30-31H,10-17H2,1-4H3,(H,43,50)(H,44,49)(H,45,52)/t22-,30+,31-/m0/s1. The maximum Gasteiger partial charge on any atom is 0.349 e. The largest absolute Gasteiger partial charge is 0.349 e. The number of nitrogens with one attached hydrogen (secondary N) is 3. The molecule has 16 heteroatoms. The van der Waals surface area contributed by atoms with Gasteiger partial charge in [-0.05, 0) is 85.4 Å². The number of hydrogen-bond donors (Lipinski definition) is 3. The van der Waals surface area contributed by atoms with E-state index >= 15 is 13.2 Å². The summed E-state index contributed by atoms with van der Waals surface area (Å²) in [4.78, 5) is 57.7. The molecule has 1 aliphatic carbocycles. The highest BCUT2D eigenvalue weighted by Crippen LogP contribution is 2.40. The molecule has 0 radical (unpaired) electrons. The maximum atomic E-state index is 15.8. The van der Waals surface area contributed by atoms with E-state index in [-0.39, 0.29) is 27.5 Å². The minimum absolute atomic E-state index is 0.0392. The number of piperazine rings is 1. The van der Waals surface area contributed by atoms with Crippen LogP contribution in [-0.4, -0.2) is 88.3 Å². The summed E-state index contributed by atoms with van der Waals surface area (Å²) in [7, 11) is 1.95. The smallest absolute Gasteiger partial charge is 0.339 e. The predicted octanol–water partition coefficient (Wildman–Crippen LogP) is 4.66. The lowest BCUT2D eigenvalue weighted by Crippen LogP contribution is -2.55. The van der Waals surface area contributed by atoms with Gasteiger partial charge in [-0.25, -0.2) is 4.39 Å². The van der Waals surface area contributed by atoms with Crippen LogP contribution in [0, 0.1) is 28.5 Å². The number of carbonyl (C=O) groups is 4. The molecular weight excluding hydrogens is 710 g/mol. The number of anilines is 1. The average molecular weight is 753 g/mol. The first kappa shape index (κ1) is 39.3. The second-order valence-corrected chi connectivity index (χ2v) is 15.4. The van der Waals surface area contributed by atoms with Crippen LogP contribution in [0.25, 0.3) is 0 Å². The van der Waals surface area contributed by atoms with Crippen molar-refractivity contribution in [1.82, 2.24) is 30.0 Å². The molecule has 1 saturated carbocycles. The first-order valence-electron chi connectivity index (χ1n) is 17.4. The lowest BCUT2D eigenvalue weighted by Gasteiger charge is -2.38. The molecule has 0 spiro atoms. The van der Waals surface area contributed by atoms with Gasteiger partial charge in [-0.3, -0.25) is 19.2 Å². The molecule has 2 aliphatic rings. The van der Waals surface area contributed by atoms with Crippen LogP contribution in [0.3, 0.4) is 0 Å². The molecule has 1 saturated heterocycles. The fraction of sp³-hybridized carbons (Fsp3) is 0.486. The van der Waals surface area contributed by atoms with Gasteiger partial charge >= 0.3 is 5.92 Å². The molecule has 2 heterocycles. The molecule has 1 aromatic heterocycles. The normalized spacial score (nSPS) is 18.3. The van der Waals surface area contributed by atoms with E-state index in [1.807, 2.05) is 7.05 Å². The zero-order valence-electron chi connectivity index (χ0n) is 30.0. The van der Waals surface area contributed by atoms with Crippen LogP contribution in [0.5, 0.6) is 0 Å². The molecular formula is C37H43F3N8O4S. The van der Waals surface area contributed by atoms with Crippen molar-refractivity contribution in [3.05, 3.63) is 76.0 Å². The lowest BCUT2D eigenvalue weighted by molar-refractivity contribution is -0.149. The summed E-state index contributed by atoms with van der Waals surface area (Å²) < 4.78 is 50.4. The van der Waals surface area contributed by atoms with Gasteiger partial charge in [0, 0.05) is 37.7 Å². The summed E-state index contributed by atoms with van der Waals surface area (Å²) >= 11 is 0.871. The molecule has 3 aromatic rings. The van der Waals surface area contributed by atoms with Crippen LogP contribution in [0.15, 0.2) is 48.7 Å². The van der Waals surface area contributed by atoms with Crippen molar-refractivity contribution in [3.63, 3.8) is 0 Å². The molecule has 0 bridgehead atoms. The third-order valence-corrected chi connectivity index (χ3v) is 11.0. The van der Waals surface area contributed by atoms with Gasteiger partial charge in [-0.2, -0.15) is 14.0 Å². The van der Waals surface area contributed by atoms with Gasteiger partial charge in [-0.1, -0.05) is 43.5 Å². The Balaban J connectivity index is 1.36. The third-order valence-electron chi connectivity index (χ3n) is 10.3. The second kappa shape index (κ2) is 16.4. The monoisotopic (exact) mass is 752 g/mol. The molecule has 2 aromatic carbocycles. The number of hydrogen-bond acceptors (Lipinski definition) is 9. The number of likely N-dealkylation sites (N-methyl/N-ethyl adjacent to an activating group) is 1. The Morgan fingerprint density at radius 3 is 2.36 bits per heavy atom. The van der Waals surface area contributed by atoms with Crippen molar-refractivity contribution in [1.29, 1.82) is 5.26 Å². The number of amides is 4. The molecule has 2 fully saturated rings. The number of aromatic nitrogens is 2. The van der Waals surface area contributed by atoms with E-state index in [0.29, 0.717) is 57.4 Å². The highest BCUT2D eigenvalue weighted by Gasteiger charge is 2.45. The van der Waals surface area contributed by atoms with Gasteiger partial charge in [0.05, 0.1) is 23.5 Å². The number of rotatable bonds is 11. The number of nitriles is 1. The van der Waals surface area contributed by atoms with Gasteiger partial charge in [0.15, 0.2) is 0 Å². The summed E-state index contributed by atoms with van der Waals surface area (Å²) in [5.41, 5.74) is -0.687. The molecule has 4 amide bonds. The van der Waals surface area contributed by atoms with Gasteiger partial charge in [0.25, 0.3) is 11.8 Å². The zero-order chi connectivity index (χ0) is 38.5. The van der Waals surface area contributed by atoms with Crippen molar-refractivity contribution < 1.29 is 32.3 Å². The predicted molar refractivity (Wildman–Crippen MR) is 191 cm³/mol. The van der Waals surface area contributed by atoms with Crippen molar-refractivity contribution in [2.45, 2.75) is 70.4 Å². The Bertz CT molecular complexity index is 1850. The molecule has 3 N–H and O–H groups in total. The summed E-state index contributed by atoms with van der Waals surface area (Å²) in [6, 6.07) is 7.78. The van der Waals surface area contributed by atoms with E-state index < -0.39 is 58.9 Å². The second-order valence-electron chi connectivity index (χ2n) is 14.6. The van der Waals surface area contributed by atoms with Crippen molar-refractivity contribution in [2.75, 3.05) is 38.5 Å². The van der Waals surface area contributed by atoms with Crippen molar-refractivity contribution in [3.8, 4) is 6.07 Å². The molecule has 53 heavy (non-hydrogen) atoms. The van der Waals surface area contributed by atoms with E-state index in [0.717, 1.165) is 29.7 Å². The minimum atomic E-state index is -4.06. The van der Waals surface area contributed by atoms with Gasteiger partial charge in [0.2, 0.25) is 11.8 Å². The Labute approximate surface area is 310 Å². The lowest BCUT2D eigenvalue weighted by atomic mass is 9.71. The Morgan fingerprint density at radius 1 is 1.04 bits per heavy atom. The number of alkyl halides is 2. The Morgan fingerprint density at radius 2 is 1.74 bits per heavy atom.